The number of fused-ring (bicyclic) bond motifs is 1. The van der Waals surface area contributed by atoms with Gasteiger partial charge in [0.2, 0.25) is 0 Å². The molecule has 0 saturated carbocycles. The van der Waals surface area contributed by atoms with E-state index in [4.69, 9.17) is 0 Å². The van der Waals surface area contributed by atoms with E-state index in [1.54, 1.807) is 6.20 Å². The van der Waals surface area contributed by atoms with Crippen molar-refractivity contribution in [3.05, 3.63) is 66.1 Å². The largest absolute Gasteiger partial charge is 1.00 e. The van der Waals surface area contributed by atoms with Gasteiger partial charge < -0.3 is 28.4 Å². The zero-order valence-electron chi connectivity index (χ0n) is 13.3. The van der Waals surface area contributed by atoms with Gasteiger partial charge in [-0.15, -0.1) is 0 Å². The van der Waals surface area contributed by atoms with E-state index in [0.717, 1.165) is 28.6 Å². The van der Waals surface area contributed by atoms with Crippen molar-refractivity contribution in [1.82, 2.24) is 15.3 Å². The van der Waals surface area contributed by atoms with Crippen LogP contribution in [0.3, 0.4) is 0 Å². The second kappa shape index (κ2) is 8.47. The van der Waals surface area contributed by atoms with Crippen molar-refractivity contribution in [3.63, 3.8) is 0 Å². The zero-order chi connectivity index (χ0) is 16.1. The topological polar surface area (TPSA) is 85.4 Å². The summed E-state index contributed by atoms with van der Waals surface area (Å²) in [5.41, 5.74) is 7.19. The Morgan fingerprint density at radius 2 is 2.00 bits per heavy atom. The molecule has 5 nitrogen and oxygen atoms in total. The highest BCUT2D eigenvalue weighted by Gasteiger charge is 2.19. The van der Waals surface area contributed by atoms with Gasteiger partial charge in [0.25, 0.3) is 5.91 Å². The van der Waals surface area contributed by atoms with Crippen molar-refractivity contribution in [2.45, 2.75) is 18.9 Å². The van der Waals surface area contributed by atoms with E-state index >= 15 is 0 Å². The number of nitrogens with one attached hydrogen (secondary N) is 2. The quantitative estimate of drug-likeness (QED) is 0.487. The number of pyridine rings is 1. The van der Waals surface area contributed by atoms with Crippen LogP contribution in [-0.4, -0.2) is 28.5 Å². The molecule has 3 rings (SSSR count). The predicted octanol–water partition coefficient (Wildman–Crippen LogP) is -1.92. The number of hydrogen-bond acceptors (Lipinski definition) is 2. The van der Waals surface area contributed by atoms with Crippen LogP contribution in [0, 0.1) is 0 Å². The molecular weight excluding hydrogens is 324 g/mol. The van der Waals surface area contributed by atoms with Gasteiger partial charge in [0, 0.05) is 48.4 Å². The highest BCUT2D eigenvalue weighted by Crippen LogP contribution is 2.18. The maximum atomic E-state index is 12.2. The first-order valence-corrected chi connectivity index (χ1v) is 7.80. The van der Waals surface area contributed by atoms with Crippen molar-refractivity contribution in [2.24, 2.45) is 0 Å². The normalized spacial score (nSPS) is 11.7. The average Bonchev–Trinajstić information content (AvgIpc) is 2.99. The lowest BCUT2D eigenvalue weighted by atomic mass is 10.1. The highest BCUT2D eigenvalue weighted by atomic mass is 35.5. The number of carbonyl (C=O) groups excluding carboxylic acids is 1. The number of H-pyrrole nitrogens is 1. The molecule has 1 atom stereocenters. The van der Waals surface area contributed by atoms with Crippen LogP contribution in [-0.2, 0) is 17.6 Å². The van der Waals surface area contributed by atoms with Crippen LogP contribution < -0.4 is 23.5 Å². The summed E-state index contributed by atoms with van der Waals surface area (Å²) in [7, 11) is 0. The molecule has 0 fully saturated rings. The first kappa shape index (κ1) is 18.0. The third-order valence-corrected chi connectivity index (χ3v) is 3.92. The van der Waals surface area contributed by atoms with Crippen LogP contribution in [0.2, 0.25) is 0 Å². The minimum absolute atomic E-state index is 0. The summed E-state index contributed by atoms with van der Waals surface area (Å²) in [4.78, 5) is 19.7. The molecule has 0 unspecified atom stereocenters. The number of carbonyl (C=O) groups is 1. The van der Waals surface area contributed by atoms with Gasteiger partial charge in [-0.1, -0.05) is 24.3 Å². The molecule has 0 spiro atoms. The van der Waals surface area contributed by atoms with Gasteiger partial charge in [0.1, 0.15) is 0 Å². The van der Waals surface area contributed by atoms with Gasteiger partial charge in [-0.25, -0.2) is 0 Å². The van der Waals surface area contributed by atoms with Crippen LogP contribution in [0.1, 0.15) is 11.3 Å². The van der Waals surface area contributed by atoms with Gasteiger partial charge in [0.15, 0.2) is 6.04 Å². The molecule has 0 saturated heterocycles. The molecule has 0 radical (unpaired) electrons. The summed E-state index contributed by atoms with van der Waals surface area (Å²) in [6.07, 6.45) is 5.08. The highest BCUT2D eigenvalue weighted by molar-refractivity contribution is 5.85. The second-order valence-electron chi connectivity index (χ2n) is 5.62. The van der Waals surface area contributed by atoms with Gasteiger partial charge >= 0.3 is 0 Å². The second-order valence-corrected chi connectivity index (χ2v) is 5.62. The van der Waals surface area contributed by atoms with E-state index in [-0.39, 0.29) is 24.4 Å². The monoisotopic (exact) mass is 344 g/mol. The number of rotatable bonds is 6. The van der Waals surface area contributed by atoms with Crippen LogP contribution >= 0.6 is 0 Å². The molecular formula is C18H21ClN4O. The number of halogens is 1. The van der Waals surface area contributed by atoms with Crippen molar-refractivity contribution in [2.75, 3.05) is 6.54 Å². The molecule has 0 aliphatic rings. The number of hydrogen-bond donors (Lipinski definition) is 3. The van der Waals surface area contributed by atoms with Crippen molar-refractivity contribution >= 4 is 16.8 Å². The fourth-order valence-electron chi connectivity index (χ4n) is 2.66. The van der Waals surface area contributed by atoms with E-state index in [0.29, 0.717) is 13.0 Å². The maximum Gasteiger partial charge on any atom is 0.278 e. The molecule has 0 bridgehead atoms. The molecule has 0 aliphatic carbocycles. The Kier molecular flexibility index (Phi) is 6.35. The third kappa shape index (κ3) is 4.34. The molecule has 2 aromatic heterocycles. The molecule has 3 aromatic rings. The van der Waals surface area contributed by atoms with Crippen molar-refractivity contribution in [3.8, 4) is 0 Å². The molecule has 2 heterocycles. The van der Waals surface area contributed by atoms with Crippen molar-refractivity contribution in [1.29, 1.82) is 0 Å². The van der Waals surface area contributed by atoms with E-state index in [2.05, 4.69) is 27.1 Å². The molecule has 1 aromatic carbocycles. The number of para-hydroxylation sites is 1. The number of aromatic amines is 1. The van der Waals surface area contributed by atoms with Gasteiger partial charge in [-0.2, -0.15) is 0 Å². The molecule has 6 heteroatoms. The maximum absolute atomic E-state index is 12.2. The molecule has 1 amide bonds. The Balaban J connectivity index is 0.00000208. The number of amides is 1. The molecule has 5 N–H and O–H groups in total. The SMILES string of the molecule is [Cl-].[NH3+][C@@H](Cc1c[nH]c2ccccc12)C(=O)NCCc1ccccn1. The molecule has 0 aliphatic heterocycles. The van der Waals surface area contributed by atoms with E-state index < -0.39 is 0 Å². The standard InChI is InChI=1S/C18H20N4O.ClH/c19-16(11-13-12-22-17-7-2-1-6-15(13)17)18(23)21-10-8-14-5-3-4-9-20-14;/h1-7,9,12,16,22H,8,10-11,19H2,(H,21,23);1H/t16-;/m0./s1. The van der Waals surface area contributed by atoms with Gasteiger partial charge in [-0.05, 0) is 23.8 Å². The molecule has 126 valence electrons. The summed E-state index contributed by atoms with van der Waals surface area (Å²) >= 11 is 0. The van der Waals surface area contributed by atoms with E-state index in [1.807, 2.05) is 42.6 Å². The Labute approximate surface area is 147 Å². The fourth-order valence-corrected chi connectivity index (χ4v) is 2.66. The van der Waals surface area contributed by atoms with Crippen molar-refractivity contribution < 1.29 is 22.9 Å². The summed E-state index contributed by atoms with van der Waals surface area (Å²) in [6, 6.07) is 13.6. The first-order chi connectivity index (χ1) is 11.2. The van der Waals surface area contributed by atoms with E-state index in [9.17, 15) is 4.79 Å². The lowest BCUT2D eigenvalue weighted by Gasteiger charge is -2.09. The van der Waals surface area contributed by atoms with Crippen LogP contribution in [0.5, 0.6) is 0 Å². The fraction of sp³-hybridized carbons (Fsp3) is 0.222. The van der Waals surface area contributed by atoms with Crippen LogP contribution in [0.25, 0.3) is 10.9 Å². The van der Waals surface area contributed by atoms with Crippen LogP contribution in [0.4, 0.5) is 0 Å². The Hall–Kier alpha value is -2.37. The third-order valence-electron chi connectivity index (χ3n) is 3.92. The van der Waals surface area contributed by atoms with Gasteiger partial charge in [0.05, 0.1) is 0 Å². The minimum Gasteiger partial charge on any atom is -1.00 e. The van der Waals surface area contributed by atoms with Gasteiger partial charge in [-0.3, -0.25) is 9.78 Å². The van der Waals surface area contributed by atoms with E-state index in [1.165, 1.54) is 0 Å². The average molecular weight is 345 g/mol. The minimum atomic E-state index is -0.307. The number of aromatic nitrogens is 2. The Morgan fingerprint density at radius 3 is 2.79 bits per heavy atom. The van der Waals surface area contributed by atoms with Crippen LogP contribution in [0.15, 0.2) is 54.9 Å². The smallest absolute Gasteiger partial charge is 0.278 e. The number of benzene rings is 1. The predicted molar refractivity (Wildman–Crippen MR) is 89.6 cm³/mol. The lowest BCUT2D eigenvalue weighted by molar-refractivity contribution is -0.403. The zero-order valence-corrected chi connectivity index (χ0v) is 14.1. The Morgan fingerprint density at radius 1 is 1.21 bits per heavy atom. The first-order valence-electron chi connectivity index (χ1n) is 7.80. The lowest BCUT2D eigenvalue weighted by Crippen LogP contribution is -3.00. The summed E-state index contributed by atoms with van der Waals surface area (Å²) < 4.78 is 0. The summed E-state index contributed by atoms with van der Waals surface area (Å²) in [5, 5.41) is 4.09. The Bertz CT molecular complexity index is 788. The summed E-state index contributed by atoms with van der Waals surface area (Å²) in [6.45, 7) is 0.579. The molecule has 24 heavy (non-hydrogen) atoms. The number of quaternary nitrogens is 1. The number of nitrogens with zero attached hydrogens (tertiary/aromatic N) is 1. The summed E-state index contributed by atoms with van der Waals surface area (Å²) in [5.74, 6) is -0.0220.